The molecule has 2 unspecified atom stereocenters. The zero-order valence-corrected chi connectivity index (χ0v) is 14.4. The molecule has 1 saturated heterocycles. The van der Waals surface area contributed by atoms with Crippen molar-refractivity contribution in [2.75, 3.05) is 19.6 Å². The van der Waals surface area contributed by atoms with E-state index in [1.807, 2.05) is 12.1 Å². The molecule has 4 rings (SSSR count). The van der Waals surface area contributed by atoms with Crippen molar-refractivity contribution < 1.29 is 27.1 Å². The number of hydrogen-bond donors (Lipinski definition) is 1. The number of alkyl halides is 3. The lowest BCUT2D eigenvalue weighted by Crippen LogP contribution is -2.30. The van der Waals surface area contributed by atoms with E-state index in [-0.39, 0.29) is 11.5 Å². The van der Waals surface area contributed by atoms with Gasteiger partial charge < -0.3 is 14.5 Å². The predicted molar refractivity (Wildman–Crippen MR) is 89.9 cm³/mol. The minimum absolute atomic E-state index is 0.155. The number of amides is 1. The number of nitrogens with one attached hydrogen (secondary N) is 1. The van der Waals surface area contributed by atoms with Gasteiger partial charge in [0.25, 0.3) is 5.91 Å². The number of piperidine rings is 1. The van der Waals surface area contributed by atoms with Gasteiger partial charge in [-0.2, -0.15) is 0 Å². The van der Waals surface area contributed by atoms with Crippen molar-refractivity contribution in [1.29, 1.82) is 0 Å². The Morgan fingerprint density at radius 2 is 2.00 bits per heavy atom. The normalized spacial score (nSPS) is 24.5. The Kier molecular flexibility index (Phi) is 4.59. The van der Waals surface area contributed by atoms with Gasteiger partial charge in [0.2, 0.25) is 0 Å². The van der Waals surface area contributed by atoms with Crippen LogP contribution in [0.1, 0.15) is 16.1 Å². The molecule has 0 spiro atoms. The average molecular weight is 380 g/mol. The van der Waals surface area contributed by atoms with Gasteiger partial charge in [0, 0.05) is 25.2 Å². The maximum atomic E-state index is 12.3. The van der Waals surface area contributed by atoms with Gasteiger partial charge in [0.05, 0.1) is 12.8 Å². The minimum atomic E-state index is -4.78. The second kappa shape index (κ2) is 6.92. The number of furan rings is 1. The quantitative estimate of drug-likeness (QED) is 0.836. The Balaban J connectivity index is 1.24. The number of hydrogen-bond acceptors (Lipinski definition) is 4. The summed E-state index contributed by atoms with van der Waals surface area (Å²) in [6.07, 6.45) is -3.11. The van der Waals surface area contributed by atoms with E-state index in [1.165, 1.54) is 18.2 Å². The van der Waals surface area contributed by atoms with Crippen LogP contribution in [0.5, 0.6) is 5.75 Å². The number of fused-ring (bicyclic) bond motifs is 1. The predicted octanol–water partition coefficient (Wildman–Crippen LogP) is 3.29. The lowest BCUT2D eigenvalue weighted by molar-refractivity contribution is -0.274. The summed E-state index contributed by atoms with van der Waals surface area (Å²) in [6.45, 7) is 3.28. The number of rotatable bonds is 6. The first-order valence-electron chi connectivity index (χ1n) is 8.78. The van der Waals surface area contributed by atoms with E-state index in [9.17, 15) is 18.0 Å². The zero-order chi connectivity index (χ0) is 19.0. The van der Waals surface area contributed by atoms with E-state index in [1.54, 1.807) is 6.26 Å². The summed E-state index contributed by atoms with van der Waals surface area (Å²) < 4.78 is 46.1. The molecule has 1 saturated carbocycles. The highest BCUT2D eigenvalue weighted by molar-refractivity contribution is 5.94. The fourth-order valence-electron chi connectivity index (χ4n) is 3.94. The second-order valence-corrected chi connectivity index (χ2v) is 7.05. The molecule has 144 valence electrons. The molecule has 1 amide bonds. The highest BCUT2D eigenvalue weighted by atomic mass is 19.4. The fourth-order valence-corrected chi connectivity index (χ4v) is 3.94. The van der Waals surface area contributed by atoms with Crippen molar-refractivity contribution in [3.8, 4) is 5.75 Å². The van der Waals surface area contributed by atoms with Crippen LogP contribution in [0.15, 0.2) is 47.1 Å². The smallest absolute Gasteiger partial charge is 0.468 e. The van der Waals surface area contributed by atoms with E-state index >= 15 is 0 Å². The van der Waals surface area contributed by atoms with Gasteiger partial charge in [-0.05, 0) is 48.1 Å². The maximum Gasteiger partial charge on any atom is 0.573 e. The molecule has 2 fully saturated rings. The van der Waals surface area contributed by atoms with Crippen LogP contribution in [-0.4, -0.2) is 36.8 Å². The first-order valence-corrected chi connectivity index (χ1v) is 8.78. The monoisotopic (exact) mass is 380 g/mol. The molecule has 0 radical (unpaired) electrons. The number of ether oxygens (including phenoxy) is 1. The first-order chi connectivity index (χ1) is 12.9. The van der Waals surface area contributed by atoms with E-state index in [0.29, 0.717) is 24.3 Å². The molecule has 27 heavy (non-hydrogen) atoms. The van der Waals surface area contributed by atoms with Crippen molar-refractivity contribution in [2.45, 2.75) is 12.9 Å². The molecule has 1 aliphatic carbocycles. The first kappa shape index (κ1) is 17.9. The molecular weight excluding hydrogens is 361 g/mol. The van der Waals surface area contributed by atoms with E-state index in [0.717, 1.165) is 31.5 Å². The van der Waals surface area contributed by atoms with Crippen LogP contribution < -0.4 is 10.1 Å². The SMILES string of the molecule is O=C(NCC1C2CN(Cc3ccco3)CC12)c1cccc(OC(F)(F)F)c1. The van der Waals surface area contributed by atoms with Crippen molar-refractivity contribution in [1.82, 2.24) is 10.2 Å². The average Bonchev–Trinajstić information content (AvgIpc) is 2.98. The molecule has 8 heteroatoms. The highest BCUT2D eigenvalue weighted by Gasteiger charge is 2.55. The summed E-state index contributed by atoms with van der Waals surface area (Å²) in [5, 5.41) is 2.83. The molecule has 1 N–H and O–H groups in total. The molecule has 2 atom stereocenters. The Bertz CT molecular complexity index is 795. The molecule has 1 aliphatic heterocycles. The van der Waals surface area contributed by atoms with Gasteiger partial charge in [0.15, 0.2) is 0 Å². The van der Waals surface area contributed by atoms with E-state index in [2.05, 4.69) is 15.0 Å². The van der Waals surface area contributed by atoms with Crippen LogP contribution in [0.25, 0.3) is 0 Å². The van der Waals surface area contributed by atoms with Crippen LogP contribution >= 0.6 is 0 Å². The van der Waals surface area contributed by atoms with Crippen molar-refractivity contribution >= 4 is 5.91 Å². The number of carbonyl (C=O) groups excluding carboxylic acids is 1. The third-order valence-electron chi connectivity index (χ3n) is 5.23. The van der Waals surface area contributed by atoms with Gasteiger partial charge in [-0.1, -0.05) is 6.07 Å². The molecule has 1 aromatic carbocycles. The summed E-state index contributed by atoms with van der Waals surface area (Å²) in [5.41, 5.74) is 0.155. The van der Waals surface area contributed by atoms with Gasteiger partial charge >= 0.3 is 6.36 Å². The van der Waals surface area contributed by atoms with E-state index < -0.39 is 12.1 Å². The number of benzene rings is 1. The van der Waals surface area contributed by atoms with Crippen molar-refractivity contribution in [2.24, 2.45) is 17.8 Å². The maximum absolute atomic E-state index is 12.3. The molecule has 2 aromatic rings. The van der Waals surface area contributed by atoms with Crippen LogP contribution in [-0.2, 0) is 6.54 Å². The molecular formula is C19H19F3N2O3. The number of nitrogens with zero attached hydrogens (tertiary/aromatic N) is 1. The van der Waals surface area contributed by atoms with E-state index in [4.69, 9.17) is 4.42 Å². The summed E-state index contributed by atoms with van der Waals surface area (Å²) in [4.78, 5) is 14.6. The van der Waals surface area contributed by atoms with Crippen LogP contribution in [0, 0.1) is 17.8 Å². The summed E-state index contributed by atoms with van der Waals surface area (Å²) >= 11 is 0. The molecule has 2 aliphatic rings. The number of carbonyl (C=O) groups is 1. The molecule has 2 heterocycles. The molecule has 0 bridgehead atoms. The van der Waals surface area contributed by atoms with Gasteiger partial charge in [-0.3, -0.25) is 9.69 Å². The highest BCUT2D eigenvalue weighted by Crippen LogP contribution is 2.51. The van der Waals surface area contributed by atoms with Crippen molar-refractivity contribution in [3.05, 3.63) is 54.0 Å². The Morgan fingerprint density at radius 3 is 2.67 bits per heavy atom. The van der Waals surface area contributed by atoms with Gasteiger partial charge in [-0.25, -0.2) is 0 Å². The Hall–Kier alpha value is -2.48. The Labute approximate surface area is 154 Å². The summed E-state index contributed by atoms with van der Waals surface area (Å²) in [6, 6.07) is 8.94. The zero-order valence-electron chi connectivity index (χ0n) is 14.4. The van der Waals surface area contributed by atoms with Gasteiger partial charge in [-0.15, -0.1) is 13.2 Å². The summed E-state index contributed by atoms with van der Waals surface area (Å²) in [7, 11) is 0. The van der Waals surface area contributed by atoms with Crippen LogP contribution in [0.4, 0.5) is 13.2 Å². The minimum Gasteiger partial charge on any atom is -0.468 e. The summed E-state index contributed by atoms with van der Waals surface area (Å²) in [5.74, 6) is 1.70. The van der Waals surface area contributed by atoms with Crippen LogP contribution in [0.3, 0.4) is 0 Å². The second-order valence-electron chi connectivity index (χ2n) is 7.05. The number of halogens is 3. The Morgan fingerprint density at radius 1 is 1.22 bits per heavy atom. The largest absolute Gasteiger partial charge is 0.573 e. The topological polar surface area (TPSA) is 54.7 Å². The van der Waals surface area contributed by atoms with Crippen molar-refractivity contribution in [3.63, 3.8) is 0 Å². The van der Waals surface area contributed by atoms with Crippen LogP contribution in [0.2, 0.25) is 0 Å². The standard InChI is InChI=1S/C19H19F3N2O3/c20-19(21,22)27-13-4-1-3-12(7-13)18(25)23-8-15-16-10-24(11-17(15)16)9-14-5-2-6-26-14/h1-7,15-17H,8-11H2,(H,23,25). The van der Waals surface area contributed by atoms with Gasteiger partial charge in [0.1, 0.15) is 11.5 Å². The lowest BCUT2D eigenvalue weighted by atomic mass is 10.2. The number of likely N-dealkylation sites (tertiary alicyclic amines) is 1. The molecule has 1 aromatic heterocycles. The third-order valence-corrected chi connectivity index (χ3v) is 5.23. The lowest BCUT2D eigenvalue weighted by Gasteiger charge is -2.18. The fraction of sp³-hybridized carbons (Fsp3) is 0.421. The third kappa shape index (κ3) is 4.27. The molecule has 5 nitrogen and oxygen atoms in total.